The number of carbonyl (C=O) groups is 2. The minimum absolute atomic E-state index is 0.0478. The highest BCUT2D eigenvalue weighted by molar-refractivity contribution is 6.02. The Morgan fingerprint density at radius 1 is 1.00 bits per heavy atom. The molecule has 3 aromatic carbocycles. The fourth-order valence-electron chi connectivity index (χ4n) is 5.31. The summed E-state index contributed by atoms with van der Waals surface area (Å²) in [6.45, 7) is 6.06. The zero-order chi connectivity index (χ0) is 29.1. The Balaban J connectivity index is 1.65. The van der Waals surface area contributed by atoms with E-state index < -0.39 is 18.2 Å². The number of benzene rings is 3. The summed E-state index contributed by atoms with van der Waals surface area (Å²) in [6.07, 6.45) is -0.647. The van der Waals surface area contributed by atoms with Crippen LogP contribution in [0.2, 0.25) is 0 Å². The summed E-state index contributed by atoms with van der Waals surface area (Å²) in [5, 5.41) is 27.0. The number of hydrogen-bond acceptors (Lipinski definition) is 6. The van der Waals surface area contributed by atoms with Crippen molar-refractivity contribution in [1.82, 2.24) is 15.2 Å². The van der Waals surface area contributed by atoms with E-state index in [4.69, 9.17) is 4.74 Å². The Hall–Kier alpha value is -5.12. The van der Waals surface area contributed by atoms with Crippen molar-refractivity contribution < 1.29 is 14.3 Å². The van der Waals surface area contributed by atoms with E-state index in [1.807, 2.05) is 49.4 Å². The zero-order valence-corrected chi connectivity index (χ0v) is 23.1. The van der Waals surface area contributed by atoms with E-state index in [9.17, 15) is 20.1 Å². The molecule has 1 aromatic heterocycles. The van der Waals surface area contributed by atoms with Gasteiger partial charge in [-0.3, -0.25) is 14.2 Å². The minimum atomic E-state index is -0.964. The van der Waals surface area contributed by atoms with E-state index in [0.29, 0.717) is 40.5 Å². The molecule has 2 amide bonds. The summed E-state index contributed by atoms with van der Waals surface area (Å²) >= 11 is 0. The van der Waals surface area contributed by atoms with Crippen molar-refractivity contribution in [1.29, 1.82) is 10.5 Å². The van der Waals surface area contributed by atoms with E-state index in [-0.39, 0.29) is 18.4 Å². The van der Waals surface area contributed by atoms with Crippen molar-refractivity contribution in [3.63, 3.8) is 0 Å². The highest BCUT2D eigenvalue weighted by Gasteiger charge is 2.38. The Labute approximate surface area is 238 Å². The van der Waals surface area contributed by atoms with Gasteiger partial charge in [0.05, 0.1) is 35.0 Å². The van der Waals surface area contributed by atoms with Gasteiger partial charge < -0.3 is 20.3 Å². The SMILES string of the molecule is CCNC(C)C(=O)N[C@@H]1C(=O)N(Cc2c(C#N)n(-c3ccccc3C#N)c3ccccc23)c2ccccc2O[C@H]1C. The normalized spacial score (nSPS) is 17.1. The molecule has 2 N–H and O–H groups in total. The molecule has 0 saturated heterocycles. The van der Waals surface area contributed by atoms with Crippen molar-refractivity contribution in [2.24, 2.45) is 0 Å². The van der Waals surface area contributed by atoms with Crippen LogP contribution in [0.25, 0.3) is 16.6 Å². The Bertz CT molecular complexity index is 1710. The molecule has 1 unspecified atom stereocenters. The highest BCUT2D eigenvalue weighted by Crippen LogP contribution is 2.37. The van der Waals surface area contributed by atoms with E-state index in [1.54, 1.807) is 53.6 Å². The van der Waals surface area contributed by atoms with Gasteiger partial charge in [-0.15, -0.1) is 0 Å². The summed E-state index contributed by atoms with van der Waals surface area (Å²) in [6, 6.07) is 25.0. The molecule has 0 radical (unpaired) electrons. The molecule has 0 fully saturated rings. The van der Waals surface area contributed by atoms with Crippen LogP contribution < -0.4 is 20.3 Å². The minimum Gasteiger partial charge on any atom is -0.486 e. The van der Waals surface area contributed by atoms with Crippen LogP contribution in [0.4, 0.5) is 5.69 Å². The van der Waals surface area contributed by atoms with Gasteiger partial charge >= 0.3 is 0 Å². The summed E-state index contributed by atoms with van der Waals surface area (Å²) in [5.74, 6) is -0.159. The van der Waals surface area contributed by atoms with Gasteiger partial charge in [-0.2, -0.15) is 10.5 Å². The van der Waals surface area contributed by atoms with Crippen LogP contribution in [-0.2, 0) is 16.1 Å². The topological polar surface area (TPSA) is 123 Å². The lowest BCUT2D eigenvalue weighted by Gasteiger charge is -2.27. The van der Waals surface area contributed by atoms with Crippen LogP contribution in [-0.4, -0.2) is 41.1 Å². The maximum Gasteiger partial charge on any atom is 0.253 e. The first-order chi connectivity index (χ1) is 19.9. The van der Waals surface area contributed by atoms with E-state index >= 15 is 0 Å². The maximum atomic E-state index is 14.2. The molecular weight excluding hydrogens is 516 g/mol. The molecule has 0 bridgehead atoms. The average Bonchev–Trinajstić information content (AvgIpc) is 3.26. The van der Waals surface area contributed by atoms with E-state index in [2.05, 4.69) is 22.8 Å². The number of anilines is 1. The number of ether oxygens (including phenoxy) is 1. The standard InChI is InChI=1S/C32H30N6O3/c1-4-35-20(2)31(39)36-30-21(3)41-29-16-10-9-15-27(29)37(32(30)40)19-24-23-12-6-8-14-26(23)38(28(24)18-34)25-13-7-5-11-22(25)17-33/h5-16,20-21,30,35H,4,19H2,1-3H3,(H,36,39)/t20?,21-,30-/m0/s1. The number of aromatic nitrogens is 1. The van der Waals surface area contributed by atoms with Crippen molar-refractivity contribution in [2.45, 2.75) is 45.5 Å². The average molecular weight is 547 g/mol. The molecule has 2 heterocycles. The van der Waals surface area contributed by atoms with Crippen LogP contribution in [0.3, 0.4) is 0 Å². The highest BCUT2D eigenvalue weighted by atomic mass is 16.5. The smallest absolute Gasteiger partial charge is 0.253 e. The van der Waals surface area contributed by atoms with Gasteiger partial charge in [0.1, 0.15) is 35.7 Å². The number of nitrogens with one attached hydrogen (secondary N) is 2. The Morgan fingerprint density at radius 2 is 1.68 bits per heavy atom. The van der Waals surface area contributed by atoms with Crippen LogP contribution in [0.15, 0.2) is 72.8 Å². The molecule has 0 aliphatic carbocycles. The number of nitrogens with zero attached hydrogens (tertiary/aromatic N) is 4. The van der Waals surface area contributed by atoms with Crippen molar-refractivity contribution in [3.05, 3.63) is 89.6 Å². The zero-order valence-electron chi connectivity index (χ0n) is 23.1. The molecular formula is C32H30N6O3. The molecule has 4 aromatic rings. The number of fused-ring (bicyclic) bond motifs is 2. The predicted molar refractivity (Wildman–Crippen MR) is 155 cm³/mol. The lowest BCUT2D eigenvalue weighted by molar-refractivity contribution is -0.130. The number of rotatable bonds is 7. The fraction of sp³-hybridized carbons (Fsp3) is 0.250. The van der Waals surface area contributed by atoms with Crippen molar-refractivity contribution in [3.8, 4) is 23.6 Å². The van der Waals surface area contributed by atoms with Gasteiger partial charge in [0, 0.05) is 10.9 Å². The predicted octanol–water partition coefficient (Wildman–Crippen LogP) is 4.17. The van der Waals surface area contributed by atoms with Gasteiger partial charge in [0.2, 0.25) is 5.91 Å². The molecule has 41 heavy (non-hydrogen) atoms. The summed E-state index contributed by atoms with van der Waals surface area (Å²) in [5.41, 5.74) is 3.23. The third-order valence-corrected chi connectivity index (χ3v) is 7.34. The van der Waals surface area contributed by atoms with Crippen LogP contribution >= 0.6 is 0 Å². The van der Waals surface area contributed by atoms with Crippen molar-refractivity contribution >= 4 is 28.4 Å². The first-order valence-corrected chi connectivity index (χ1v) is 13.5. The second kappa shape index (κ2) is 11.5. The van der Waals surface area contributed by atoms with Gasteiger partial charge in [0.25, 0.3) is 5.91 Å². The quantitative estimate of drug-likeness (QED) is 0.359. The number of nitriles is 2. The lowest BCUT2D eigenvalue weighted by atomic mass is 10.1. The number of amides is 2. The van der Waals surface area contributed by atoms with Crippen LogP contribution in [0, 0.1) is 22.7 Å². The molecule has 0 spiro atoms. The van der Waals surface area contributed by atoms with Crippen molar-refractivity contribution in [2.75, 3.05) is 11.4 Å². The number of likely N-dealkylation sites (N-methyl/N-ethyl adjacent to an activating group) is 1. The van der Waals surface area contributed by atoms with Gasteiger partial charge in [-0.1, -0.05) is 49.4 Å². The van der Waals surface area contributed by atoms with Gasteiger partial charge in [0.15, 0.2) is 0 Å². The molecule has 1 aliphatic rings. The number of para-hydroxylation sites is 4. The molecule has 9 heteroatoms. The second-order valence-electron chi connectivity index (χ2n) is 9.90. The van der Waals surface area contributed by atoms with E-state index in [1.165, 1.54) is 0 Å². The molecule has 3 atom stereocenters. The number of hydrogen-bond donors (Lipinski definition) is 2. The summed E-state index contributed by atoms with van der Waals surface area (Å²) in [7, 11) is 0. The summed E-state index contributed by atoms with van der Waals surface area (Å²) < 4.78 is 7.97. The van der Waals surface area contributed by atoms with Crippen LogP contribution in [0.1, 0.15) is 37.6 Å². The first-order valence-electron chi connectivity index (χ1n) is 13.5. The molecule has 5 rings (SSSR count). The monoisotopic (exact) mass is 546 g/mol. The molecule has 0 saturated carbocycles. The third-order valence-electron chi connectivity index (χ3n) is 7.34. The lowest BCUT2D eigenvalue weighted by Crippen LogP contribution is -2.57. The maximum absolute atomic E-state index is 14.2. The summed E-state index contributed by atoms with van der Waals surface area (Å²) in [4.78, 5) is 28.8. The van der Waals surface area contributed by atoms with Gasteiger partial charge in [-0.25, -0.2) is 0 Å². The molecule has 1 aliphatic heterocycles. The Morgan fingerprint density at radius 3 is 2.41 bits per heavy atom. The molecule has 9 nitrogen and oxygen atoms in total. The Kier molecular flexibility index (Phi) is 7.73. The first kappa shape index (κ1) is 27.4. The van der Waals surface area contributed by atoms with Gasteiger partial charge in [-0.05, 0) is 50.7 Å². The third kappa shape index (κ3) is 5.00. The fourth-order valence-corrected chi connectivity index (χ4v) is 5.31. The second-order valence-corrected chi connectivity index (χ2v) is 9.90. The van der Waals surface area contributed by atoms with E-state index in [0.717, 1.165) is 10.9 Å². The molecule has 206 valence electrons. The number of carbonyl (C=O) groups excluding carboxylic acids is 2. The van der Waals surface area contributed by atoms with Crippen LogP contribution in [0.5, 0.6) is 5.75 Å². The largest absolute Gasteiger partial charge is 0.486 e.